The van der Waals surface area contributed by atoms with E-state index >= 15 is 0 Å². The molecule has 6 nitrogen and oxygen atoms in total. The van der Waals surface area contributed by atoms with Crippen LogP contribution in [-0.4, -0.2) is 44.9 Å². The van der Waals surface area contributed by atoms with Gasteiger partial charge in [-0.2, -0.15) is 0 Å². The van der Waals surface area contributed by atoms with Crippen molar-refractivity contribution in [2.75, 3.05) is 39.4 Å². The van der Waals surface area contributed by atoms with Crippen LogP contribution in [0.1, 0.15) is 12.8 Å². The molecule has 1 amide bonds. The zero-order valence-corrected chi connectivity index (χ0v) is 11.8. The molecule has 0 aliphatic heterocycles. The molecule has 1 N–H and O–H groups in total. The van der Waals surface area contributed by atoms with E-state index in [4.69, 9.17) is 14.2 Å². The molecule has 1 aromatic rings. The lowest BCUT2D eigenvalue weighted by atomic mass is 10.1. The highest BCUT2D eigenvalue weighted by atomic mass is 16.5. The largest absolute Gasteiger partial charge is 0.481 e. The van der Waals surface area contributed by atoms with Gasteiger partial charge in [-0.25, -0.2) is 4.98 Å². The van der Waals surface area contributed by atoms with Crippen LogP contribution < -0.4 is 10.1 Å². The summed E-state index contributed by atoms with van der Waals surface area (Å²) in [5.41, 5.74) is 0.284. The van der Waals surface area contributed by atoms with Crippen molar-refractivity contribution >= 4 is 11.6 Å². The fraction of sp³-hybridized carbons (Fsp3) is 0.571. The average Bonchev–Trinajstić information content (AvgIpc) is 3.26. The summed E-state index contributed by atoms with van der Waals surface area (Å²) in [5, 5.41) is 2.87. The van der Waals surface area contributed by atoms with Gasteiger partial charge >= 0.3 is 0 Å². The molecule has 1 aromatic heterocycles. The smallest absolute Gasteiger partial charge is 0.232 e. The molecule has 0 spiro atoms. The number of methoxy groups -OCH3 is 2. The van der Waals surface area contributed by atoms with Gasteiger partial charge in [-0.1, -0.05) is 0 Å². The van der Waals surface area contributed by atoms with Gasteiger partial charge in [-0.05, 0) is 18.9 Å². The Hall–Kier alpha value is -1.66. The molecule has 0 aromatic carbocycles. The Balaban J connectivity index is 1.84. The molecular weight excluding hydrogens is 260 g/mol. The summed E-state index contributed by atoms with van der Waals surface area (Å²) >= 11 is 0. The number of rotatable bonds is 8. The molecule has 0 saturated heterocycles. The first-order chi connectivity index (χ1) is 9.70. The summed E-state index contributed by atoms with van der Waals surface area (Å²) in [6, 6.07) is 3.48. The van der Waals surface area contributed by atoms with Gasteiger partial charge in [-0.3, -0.25) is 4.79 Å². The predicted molar refractivity (Wildman–Crippen MR) is 73.8 cm³/mol. The van der Waals surface area contributed by atoms with Crippen LogP contribution in [0.5, 0.6) is 5.88 Å². The van der Waals surface area contributed by atoms with Gasteiger partial charge in [0, 0.05) is 13.2 Å². The summed E-state index contributed by atoms with van der Waals surface area (Å²) in [6.45, 7) is 1.49. The molecule has 1 fully saturated rings. The second-order valence-electron chi connectivity index (χ2n) is 4.87. The van der Waals surface area contributed by atoms with Crippen LogP contribution in [0, 0.1) is 5.41 Å². The van der Waals surface area contributed by atoms with Crippen molar-refractivity contribution in [3.63, 3.8) is 0 Å². The Morgan fingerprint density at radius 3 is 2.70 bits per heavy atom. The molecule has 0 unspecified atom stereocenters. The quantitative estimate of drug-likeness (QED) is 0.730. The Bertz CT molecular complexity index is 443. The summed E-state index contributed by atoms with van der Waals surface area (Å²) in [7, 11) is 3.18. The lowest BCUT2D eigenvalue weighted by Crippen LogP contribution is -2.29. The maximum Gasteiger partial charge on any atom is 0.232 e. The fourth-order valence-corrected chi connectivity index (χ4v) is 1.84. The van der Waals surface area contributed by atoms with Crippen LogP contribution in [-0.2, 0) is 14.3 Å². The van der Waals surface area contributed by atoms with E-state index in [1.165, 1.54) is 0 Å². The SMILES string of the molecule is COCCOCC1(C(=O)Nc2ccc(OC)nc2)CC1. The molecule has 1 aliphatic carbocycles. The van der Waals surface area contributed by atoms with E-state index in [9.17, 15) is 4.79 Å². The summed E-state index contributed by atoms with van der Waals surface area (Å²) in [6.07, 6.45) is 3.30. The number of nitrogens with zero attached hydrogens (tertiary/aromatic N) is 1. The number of hydrogen-bond acceptors (Lipinski definition) is 5. The number of nitrogens with one attached hydrogen (secondary N) is 1. The molecule has 0 atom stereocenters. The summed E-state index contributed by atoms with van der Waals surface area (Å²) in [5.74, 6) is 0.508. The zero-order valence-electron chi connectivity index (χ0n) is 11.8. The van der Waals surface area contributed by atoms with E-state index in [2.05, 4.69) is 10.3 Å². The molecule has 2 rings (SSSR count). The standard InChI is InChI=1S/C14H20N2O4/c1-18-7-8-20-10-14(5-6-14)13(17)16-11-3-4-12(19-2)15-9-11/h3-4,9H,5-8,10H2,1-2H3,(H,16,17). The average molecular weight is 280 g/mol. The Morgan fingerprint density at radius 1 is 1.35 bits per heavy atom. The summed E-state index contributed by atoms with van der Waals surface area (Å²) < 4.78 is 15.4. The first-order valence-corrected chi connectivity index (χ1v) is 6.58. The van der Waals surface area contributed by atoms with Crippen LogP contribution in [0.15, 0.2) is 18.3 Å². The van der Waals surface area contributed by atoms with E-state index in [1.807, 2.05) is 0 Å². The highest BCUT2D eigenvalue weighted by Gasteiger charge is 2.50. The molecule has 1 aliphatic rings. The number of carbonyl (C=O) groups excluding carboxylic acids is 1. The van der Waals surface area contributed by atoms with Gasteiger partial charge in [-0.15, -0.1) is 0 Å². The lowest BCUT2D eigenvalue weighted by Gasteiger charge is -2.15. The van der Waals surface area contributed by atoms with Crippen LogP contribution in [0.3, 0.4) is 0 Å². The number of amides is 1. The minimum atomic E-state index is -0.381. The molecule has 110 valence electrons. The first-order valence-electron chi connectivity index (χ1n) is 6.58. The number of anilines is 1. The van der Waals surface area contributed by atoms with Crippen LogP contribution >= 0.6 is 0 Å². The van der Waals surface area contributed by atoms with Gasteiger partial charge in [0.15, 0.2) is 0 Å². The van der Waals surface area contributed by atoms with Crippen molar-refractivity contribution in [1.29, 1.82) is 0 Å². The van der Waals surface area contributed by atoms with Crippen molar-refractivity contribution in [2.45, 2.75) is 12.8 Å². The molecular formula is C14H20N2O4. The van der Waals surface area contributed by atoms with Crippen molar-refractivity contribution in [1.82, 2.24) is 4.98 Å². The maximum atomic E-state index is 12.2. The monoisotopic (exact) mass is 280 g/mol. The van der Waals surface area contributed by atoms with Gasteiger partial charge in [0.2, 0.25) is 11.8 Å². The topological polar surface area (TPSA) is 69.7 Å². The van der Waals surface area contributed by atoms with Crippen molar-refractivity contribution in [3.05, 3.63) is 18.3 Å². The van der Waals surface area contributed by atoms with Gasteiger partial charge in [0.1, 0.15) is 0 Å². The maximum absolute atomic E-state index is 12.2. The second kappa shape index (κ2) is 6.67. The lowest BCUT2D eigenvalue weighted by molar-refractivity contribution is -0.123. The fourth-order valence-electron chi connectivity index (χ4n) is 1.84. The van der Waals surface area contributed by atoms with Crippen molar-refractivity contribution in [2.24, 2.45) is 5.41 Å². The highest BCUT2D eigenvalue weighted by molar-refractivity contribution is 5.97. The van der Waals surface area contributed by atoms with Gasteiger partial charge in [0.25, 0.3) is 0 Å². The third-order valence-corrected chi connectivity index (χ3v) is 3.35. The first kappa shape index (κ1) is 14.7. The van der Waals surface area contributed by atoms with Crippen LogP contribution in [0.4, 0.5) is 5.69 Å². The van der Waals surface area contributed by atoms with Crippen LogP contribution in [0.25, 0.3) is 0 Å². The zero-order chi connectivity index (χ0) is 14.4. The van der Waals surface area contributed by atoms with E-state index in [0.29, 0.717) is 31.4 Å². The molecule has 1 heterocycles. The molecule has 0 radical (unpaired) electrons. The number of aromatic nitrogens is 1. The molecule has 0 bridgehead atoms. The molecule has 1 saturated carbocycles. The Morgan fingerprint density at radius 2 is 2.15 bits per heavy atom. The third kappa shape index (κ3) is 3.68. The van der Waals surface area contributed by atoms with Gasteiger partial charge in [0.05, 0.1) is 44.2 Å². The van der Waals surface area contributed by atoms with Crippen molar-refractivity contribution < 1.29 is 19.0 Å². The van der Waals surface area contributed by atoms with E-state index < -0.39 is 0 Å². The number of hydrogen-bond donors (Lipinski definition) is 1. The van der Waals surface area contributed by atoms with E-state index in [-0.39, 0.29) is 11.3 Å². The number of carbonyl (C=O) groups is 1. The van der Waals surface area contributed by atoms with Gasteiger partial charge < -0.3 is 19.5 Å². The highest BCUT2D eigenvalue weighted by Crippen LogP contribution is 2.46. The number of pyridine rings is 1. The number of ether oxygens (including phenoxy) is 3. The Kier molecular flexibility index (Phi) is 4.92. The van der Waals surface area contributed by atoms with Crippen molar-refractivity contribution in [3.8, 4) is 5.88 Å². The summed E-state index contributed by atoms with van der Waals surface area (Å²) in [4.78, 5) is 16.3. The predicted octanol–water partition coefficient (Wildman–Crippen LogP) is 1.47. The van der Waals surface area contributed by atoms with E-state index in [0.717, 1.165) is 12.8 Å². The third-order valence-electron chi connectivity index (χ3n) is 3.35. The van der Waals surface area contributed by atoms with Crippen LogP contribution in [0.2, 0.25) is 0 Å². The van der Waals surface area contributed by atoms with E-state index in [1.54, 1.807) is 32.5 Å². The second-order valence-corrected chi connectivity index (χ2v) is 4.87. The molecule has 20 heavy (non-hydrogen) atoms. The minimum absolute atomic E-state index is 0.0121. The molecule has 6 heteroatoms. The minimum Gasteiger partial charge on any atom is -0.481 e. The normalized spacial score (nSPS) is 15.7. The Labute approximate surface area is 118 Å².